The number of carbonyl (C=O) groups excluding carboxylic acids is 1. The van der Waals surface area contributed by atoms with E-state index >= 15 is 0 Å². The van der Waals surface area contributed by atoms with Crippen molar-refractivity contribution in [1.82, 2.24) is 25.7 Å². The van der Waals surface area contributed by atoms with Crippen LogP contribution in [0.5, 0.6) is 0 Å². The Balaban J connectivity index is 1.70. The molecule has 1 fully saturated rings. The minimum atomic E-state index is -0.0327. The van der Waals surface area contributed by atoms with Crippen molar-refractivity contribution in [3.63, 3.8) is 0 Å². The van der Waals surface area contributed by atoms with E-state index in [4.69, 9.17) is 0 Å². The van der Waals surface area contributed by atoms with Crippen molar-refractivity contribution in [2.24, 2.45) is 0 Å². The van der Waals surface area contributed by atoms with E-state index in [0.29, 0.717) is 11.6 Å². The number of nitrogens with one attached hydrogen (secondary N) is 3. The van der Waals surface area contributed by atoms with E-state index in [-0.39, 0.29) is 5.91 Å². The second kappa shape index (κ2) is 4.60. The number of hydrogen-bond acceptors (Lipinski definition) is 4. The summed E-state index contributed by atoms with van der Waals surface area (Å²) in [6.07, 6.45) is 7.74. The number of aromatic nitrogens is 2. The topological polar surface area (TPSA) is 73.0 Å². The number of fused-ring (bicyclic) bond motifs is 1. The minimum absolute atomic E-state index is 0.0327. The van der Waals surface area contributed by atoms with Gasteiger partial charge in [0.2, 0.25) is 0 Å². The molecule has 4 rings (SSSR count). The van der Waals surface area contributed by atoms with Gasteiger partial charge in [0.25, 0.3) is 5.91 Å². The van der Waals surface area contributed by atoms with Gasteiger partial charge in [-0.15, -0.1) is 0 Å². The number of nitrogens with zero attached hydrogens (tertiary/aromatic N) is 2. The molecule has 21 heavy (non-hydrogen) atoms. The summed E-state index contributed by atoms with van der Waals surface area (Å²) in [5, 5.41) is 5.99. The molecule has 3 heterocycles. The number of amides is 1. The van der Waals surface area contributed by atoms with Crippen LogP contribution >= 0.6 is 0 Å². The molecule has 0 unspecified atom stereocenters. The van der Waals surface area contributed by atoms with Gasteiger partial charge in [0.15, 0.2) is 0 Å². The summed E-state index contributed by atoms with van der Waals surface area (Å²) in [6, 6.07) is 2.28. The summed E-state index contributed by atoms with van der Waals surface area (Å²) < 4.78 is 0. The lowest BCUT2D eigenvalue weighted by Crippen LogP contribution is -2.25. The van der Waals surface area contributed by atoms with Crippen molar-refractivity contribution in [3.05, 3.63) is 35.8 Å². The van der Waals surface area contributed by atoms with E-state index in [1.54, 1.807) is 6.20 Å². The Bertz CT molecular complexity index is 744. The quantitative estimate of drug-likeness (QED) is 0.792. The fraction of sp³-hybridized carbons (Fsp3) is 0.333. The van der Waals surface area contributed by atoms with Gasteiger partial charge in [-0.3, -0.25) is 4.79 Å². The van der Waals surface area contributed by atoms with E-state index in [1.807, 2.05) is 30.5 Å². The molecule has 3 N–H and O–H groups in total. The summed E-state index contributed by atoms with van der Waals surface area (Å²) in [4.78, 5) is 19.7. The van der Waals surface area contributed by atoms with E-state index in [1.165, 1.54) is 5.57 Å². The summed E-state index contributed by atoms with van der Waals surface area (Å²) in [5.41, 5.74) is 6.86. The van der Waals surface area contributed by atoms with Crippen molar-refractivity contribution in [2.45, 2.75) is 18.9 Å². The van der Waals surface area contributed by atoms with Crippen molar-refractivity contribution in [1.29, 1.82) is 0 Å². The van der Waals surface area contributed by atoms with E-state index < -0.39 is 0 Å². The molecule has 0 spiro atoms. The van der Waals surface area contributed by atoms with E-state index in [0.717, 1.165) is 36.0 Å². The molecule has 1 aliphatic carbocycles. The van der Waals surface area contributed by atoms with Crippen molar-refractivity contribution < 1.29 is 4.79 Å². The van der Waals surface area contributed by atoms with Gasteiger partial charge in [-0.2, -0.15) is 0 Å². The van der Waals surface area contributed by atoms with Crippen LogP contribution in [0.3, 0.4) is 0 Å². The maximum atomic E-state index is 12.1. The third kappa shape index (κ3) is 2.27. The largest absolute Gasteiger partial charge is 0.349 e. The van der Waals surface area contributed by atoms with Gasteiger partial charge in [0, 0.05) is 49.2 Å². The van der Waals surface area contributed by atoms with Gasteiger partial charge in [-0.1, -0.05) is 0 Å². The van der Waals surface area contributed by atoms with Crippen LogP contribution in [0.2, 0.25) is 0 Å². The first-order valence-corrected chi connectivity index (χ1v) is 7.15. The predicted octanol–water partition coefficient (Wildman–Crippen LogP) is 1.25. The molecule has 0 atom stereocenters. The average molecular weight is 283 g/mol. The Morgan fingerprint density at radius 2 is 2.33 bits per heavy atom. The smallest absolute Gasteiger partial charge is 0.253 e. The number of H-pyrrole nitrogens is 1. The molecular formula is C15H17N5O. The summed E-state index contributed by atoms with van der Waals surface area (Å²) in [6.45, 7) is 0.825. The van der Waals surface area contributed by atoms with Crippen LogP contribution in [0.15, 0.2) is 24.7 Å². The third-order valence-corrected chi connectivity index (χ3v) is 3.92. The summed E-state index contributed by atoms with van der Waals surface area (Å²) >= 11 is 0. The predicted molar refractivity (Wildman–Crippen MR) is 80.3 cm³/mol. The summed E-state index contributed by atoms with van der Waals surface area (Å²) in [7, 11) is 1.99. The van der Waals surface area contributed by atoms with Crippen molar-refractivity contribution in [2.75, 3.05) is 13.6 Å². The molecule has 1 saturated carbocycles. The zero-order chi connectivity index (χ0) is 14.4. The molecule has 1 aliphatic heterocycles. The molecule has 0 saturated heterocycles. The van der Waals surface area contributed by atoms with Gasteiger partial charge in [0.05, 0.1) is 5.56 Å². The van der Waals surface area contributed by atoms with Crippen LogP contribution in [-0.2, 0) is 0 Å². The molecule has 0 bridgehead atoms. The van der Waals surface area contributed by atoms with E-state index in [2.05, 4.69) is 20.7 Å². The highest BCUT2D eigenvalue weighted by Gasteiger charge is 2.24. The molecule has 2 aromatic rings. The molecule has 1 amide bonds. The Morgan fingerprint density at radius 1 is 1.48 bits per heavy atom. The number of rotatable bonds is 3. The zero-order valence-corrected chi connectivity index (χ0v) is 11.8. The van der Waals surface area contributed by atoms with Gasteiger partial charge in [0.1, 0.15) is 5.65 Å². The number of pyridine rings is 1. The van der Waals surface area contributed by atoms with Crippen LogP contribution in [0.4, 0.5) is 0 Å². The fourth-order valence-electron chi connectivity index (χ4n) is 2.59. The third-order valence-electron chi connectivity index (χ3n) is 3.92. The highest BCUT2D eigenvalue weighted by atomic mass is 16.1. The van der Waals surface area contributed by atoms with Crippen molar-refractivity contribution >= 4 is 22.5 Å². The molecule has 6 nitrogen and oxygen atoms in total. The maximum Gasteiger partial charge on any atom is 0.253 e. The summed E-state index contributed by atoms with van der Waals surface area (Å²) in [5.74, 6) is -0.0327. The number of likely N-dealkylation sites (N-methyl/N-ethyl adjacent to an activating group) is 1. The number of carbonyl (C=O) groups is 1. The lowest BCUT2D eigenvalue weighted by molar-refractivity contribution is 0.0951. The maximum absolute atomic E-state index is 12.1. The van der Waals surface area contributed by atoms with Crippen LogP contribution in [0.25, 0.3) is 16.6 Å². The average Bonchev–Trinajstić information content (AvgIpc) is 3.03. The number of hydrazine groups is 1. The van der Waals surface area contributed by atoms with Crippen LogP contribution in [0.1, 0.15) is 28.8 Å². The highest BCUT2D eigenvalue weighted by molar-refractivity contribution is 6.00. The lowest BCUT2D eigenvalue weighted by Gasteiger charge is -2.07. The first-order valence-electron chi connectivity index (χ1n) is 7.15. The Kier molecular flexibility index (Phi) is 2.71. The van der Waals surface area contributed by atoms with Crippen LogP contribution < -0.4 is 10.7 Å². The first kappa shape index (κ1) is 12.4. The Hall–Kier alpha value is -2.34. The Morgan fingerprint density at radius 3 is 3.05 bits per heavy atom. The van der Waals surface area contributed by atoms with Crippen molar-refractivity contribution in [3.8, 4) is 0 Å². The molecule has 2 aromatic heterocycles. The highest BCUT2D eigenvalue weighted by Crippen LogP contribution is 2.27. The van der Waals surface area contributed by atoms with Gasteiger partial charge in [-0.05, 0) is 24.5 Å². The van der Waals surface area contributed by atoms with Gasteiger partial charge in [-0.25, -0.2) is 9.99 Å². The number of hydrogen-bond donors (Lipinski definition) is 3. The molecule has 6 heteroatoms. The molecule has 0 radical (unpaired) electrons. The van der Waals surface area contributed by atoms with Crippen LogP contribution in [-0.4, -0.2) is 40.5 Å². The lowest BCUT2D eigenvalue weighted by atomic mass is 10.1. The first-order chi connectivity index (χ1) is 10.2. The fourth-order valence-corrected chi connectivity index (χ4v) is 2.59. The normalized spacial score (nSPS) is 18.6. The van der Waals surface area contributed by atoms with E-state index in [9.17, 15) is 4.79 Å². The van der Waals surface area contributed by atoms with Gasteiger partial charge >= 0.3 is 0 Å². The SMILES string of the molecule is CN1CC(c2c[nH]c3ncc(C(=O)NC4CC4)cc23)=CN1. The second-order valence-electron chi connectivity index (χ2n) is 5.72. The molecule has 108 valence electrons. The minimum Gasteiger partial charge on any atom is -0.349 e. The second-order valence-corrected chi connectivity index (χ2v) is 5.72. The molecule has 0 aromatic carbocycles. The number of aromatic amines is 1. The zero-order valence-electron chi connectivity index (χ0n) is 11.8. The van der Waals surface area contributed by atoms with Gasteiger partial charge < -0.3 is 15.7 Å². The Labute approximate surface area is 122 Å². The standard InChI is InChI=1S/C15H17N5O/c1-20-8-10(6-18-20)13-7-17-14-12(13)4-9(5-16-14)15(21)19-11-2-3-11/h4-7,11,18H,2-3,8H2,1H3,(H,16,17)(H,19,21). The molecule has 2 aliphatic rings. The monoisotopic (exact) mass is 283 g/mol. The molecular weight excluding hydrogens is 266 g/mol. The van der Waals surface area contributed by atoms with Crippen LogP contribution in [0, 0.1) is 0 Å².